The lowest BCUT2D eigenvalue weighted by Gasteiger charge is -2.32. The molecule has 0 radical (unpaired) electrons. The minimum absolute atomic E-state index is 0.130. The van der Waals surface area contributed by atoms with Gasteiger partial charge in [-0.2, -0.15) is 0 Å². The maximum atomic E-state index is 11.9. The van der Waals surface area contributed by atoms with Crippen LogP contribution >= 0.6 is 0 Å². The van der Waals surface area contributed by atoms with E-state index >= 15 is 0 Å². The first-order valence-corrected chi connectivity index (χ1v) is 11.6. The highest BCUT2D eigenvalue weighted by Crippen LogP contribution is 2.44. The van der Waals surface area contributed by atoms with Gasteiger partial charge in [0.15, 0.2) is 11.4 Å². The van der Waals surface area contributed by atoms with Gasteiger partial charge in [0.25, 0.3) is 0 Å². The van der Waals surface area contributed by atoms with Crippen molar-refractivity contribution in [2.75, 3.05) is 27.2 Å². The Morgan fingerprint density at radius 1 is 1.03 bits per heavy atom. The average Bonchev–Trinajstić information content (AvgIpc) is 3.50. The number of rotatable bonds is 10. The molecule has 1 aromatic heterocycles. The zero-order chi connectivity index (χ0) is 22.4. The Labute approximate surface area is 191 Å². The van der Waals surface area contributed by atoms with Gasteiger partial charge in [-0.1, -0.05) is 73.5 Å². The van der Waals surface area contributed by atoms with Crippen LogP contribution in [0.25, 0.3) is 0 Å². The second-order valence-electron chi connectivity index (χ2n) is 9.60. The van der Waals surface area contributed by atoms with Gasteiger partial charge in [0.1, 0.15) is 13.1 Å². The summed E-state index contributed by atoms with van der Waals surface area (Å²) in [6.45, 7) is 2.84. The van der Waals surface area contributed by atoms with Crippen LogP contribution in [0.4, 0.5) is 0 Å². The highest BCUT2D eigenvalue weighted by Gasteiger charge is 2.45. The molecule has 0 amide bonds. The van der Waals surface area contributed by atoms with E-state index < -0.39 is 5.60 Å². The zero-order valence-corrected chi connectivity index (χ0v) is 19.2. The van der Waals surface area contributed by atoms with Crippen molar-refractivity contribution in [3.8, 4) is 0 Å². The lowest BCUT2D eigenvalue weighted by Crippen LogP contribution is -2.41. The first-order chi connectivity index (χ1) is 15.5. The number of hydrogen-bond donors (Lipinski definition) is 1. The van der Waals surface area contributed by atoms with E-state index in [4.69, 9.17) is 9.15 Å². The largest absolute Gasteiger partial charge is 0.436 e. The van der Waals surface area contributed by atoms with E-state index in [0.717, 1.165) is 48.0 Å². The van der Waals surface area contributed by atoms with E-state index in [9.17, 15) is 5.11 Å². The summed E-state index contributed by atoms with van der Waals surface area (Å²) in [6, 6.07) is 20.1. The first kappa shape index (κ1) is 22.7. The van der Waals surface area contributed by atoms with Crippen molar-refractivity contribution in [2.45, 2.75) is 44.4 Å². The highest BCUT2D eigenvalue weighted by atomic mass is 16.5. The molecule has 1 aliphatic carbocycles. The third-order valence-corrected chi connectivity index (χ3v) is 6.58. The summed E-state index contributed by atoms with van der Waals surface area (Å²) in [5.74, 6) is 1.34. The predicted octanol–water partition coefficient (Wildman–Crippen LogP) is 4.89. The summed E-state index contributed by atoms with van der Waals surface area (Å²) in [6.07, 6.45) is 6.04. The van der Waals surface area contributed by atoms with Gasteiger partial charge in [0.05, 0.1) is 33.5 Å². The molecule has 1 heterocycles. The van der Waals surface area contributed by atoms with Crippen LogP contribution in [0.1, 0.15) is 48.5 Å². The molecule has 1 fully saturated rings. The van der Waals surface area contributed by atoms with Gasteiger partial charge in [-0.3, -0.25) is 0 Å². The van der Waals surface area contributed by atoms with Gasteiger partial charge < -0.3 is 18.7 Å². The van der Waals surface area contributed by atoms with E-state index in [0.29, 0.717) is 25.6 Å². The summed E-state index contributed by atoms with van der Waals surface area (Å²) in [5.41, 5.74) is 0.875. The monoisotopic (exact) mass is 435 g/mol. The molecule has 170 valence electrons. The molecule has 32 heavy (non-hydrogen) atoms. The molecule has 3 aromatic rings. The third kappa shape index (κ3) is 5.29. The second kappa shape index (κ2) is 9.99. The number of quaternary nitrogens is 1. The van der Waals surface area contributed by atoms with Crippen LogP contribution in [-0.2, 0) is 23.5 Å². The number of nitrogens with zero attached hydrogens (tertiary/aromatic N) is 2. The van der Waals surface area contributed by atoms with E-state index in [1.807, 2.05) is 48.5 Å². The Bertz CT molecular complexity index is 965. The highest BCUT2D eigenvalue weighted by molar-refractivity contribution is 5.30. The molecule has 5 nitrogen and oxygen atoms in total. The SMILES string of the molecule is C[N+](C)(CCOCc1ccccc1)Cc1cnc(C(O)(c2ccccc2)C2CCCC2)o1. The number of oxazole rings is 1. The van der Waals surface area contributed by atoms with Crippen LogP contribution in [0, 0.1) is 5.92 Å². The number of ether oxygens (including phenoxy) is 1. The van der Waals surface area contributed by atoms with Gasteiger partial charge in [-0.25, -0.2) is 4.98 Å². The van der Waals surface area contributed by atoms with E-state index in [2.05, 4.69) is 31.2 Å². The lowest BCUT2D eigenvalue weighted by molar-refractivity contribution is -0.905. The molecule has 4 rings (SSSR count). The minimum atomic E-state index is -1.17. The van der Waals surface area contributed by atoms with Crippen molar-refractivity contribution in [2.24, 2.45) is 5.92 Å². The molecular formula is C27H35N2O3+. The lowest BCUT2D eigenvalue weighted by atomic mass is 9.80. The van der Waals surface area contributed by atoms with Gasteiger partial charge in [0.2, 0.25) is 5.89 Å². The fourth-order valence-corrected chi connectivity index (χ4v) is 4.70. The van der Waals surface area contributed by atoms with Crippen molar-refractivity contribution >= 4 is 0 Å². The maximum absolute atomic E-state index is 11.9. The topological polar surface area (TPSA) is 55.5 Å². The minimum Gasteiger partial charge on any atom is -0.436 e. The van der Waals surface area contributed by atoms with Crippen LogP contribution in [0.3, 0.4) is 0 Å². The van der Waals surface area contributed by atoms with Crippen molar-refractivity contribution in [1.82, 2.24) is 4.98 Å². The Hall–Kier alpha value is -2.47. The normalized spacial score (nSPS) is 16.8. The summed E-state index contributed by atoms with van der Waals surface area (Å²) in [7, 11) is 4.32. The Morgan fingerprint density at radius 2 is 1.69 bits per heavy atom. The van der Waals surface area contributed by atoms with Gasteiger partial charge in [0, 0.05) is 5.92 Å². The third-order valence-electron chi connectivity index (χ3n) is 6.58. The maximum Gasteiger partial charge on any atom is 0.231 e. The summed E-state index contributed by atoms with van der Waals surface area (Å²) in [5, 5.41) is 11.9. The Kier molecular flexibility index (Phi) is 7.09. The quantitative estimate of drug-likeness (QED) is 0.364. The molecule has 0 aliphatic heterocycles. The van der Waals surface area contributed by atoms with Crippen molar-refractivity contribution in [3.63, 3.8) is 0 Å². The summed E-state index contributed by atoms with van der Waals surface area (Å²) < 4.78 is 12.8. The van der Waals surface area contributed by atoms with Crippen LogP contribution in [-0.4, -0.2) is 41.8 Å². The molecular weight excluding hydrogens is 400 g/mol. The molecule has 5 heteroatoms. The predicted molar refractivity (Wildman–Crippen MR) is 125 cm³/mol. The summed E-state index contributed by atoms with van der Waals surface area (Å²) >= 11 is 0. The zero-order valence-electron chi connectivity index (χ0n) is 19.2. The molecule has 1 aliphatic rings. The average molecular weight is 436 g/mol. The van der Waals surface area contributed by atoms with Crippen molar-refractivity contribution in [3.05, 3.63) is 89.6 Å². The van der Waals surface area contributed by atoms with Crippen LogP contribution in [0.2, 0.25) is 0 Å². The number of benzene rings is 2. The standard InChI is InChI=1S/C27H35N2O3/c1-29(2,17-18-31-21-22-11-5-3-6-12-22)20-25-19-28-26(32-25)27(30,24-15-9-10-16-24)23-13-7-4-8-14-23/h3-8,11-14,19,24,30H,9-10,15-18,20-21H2,1-2H3/q+1. The van der Waals surface area contributed by atoms with Crippen LogP contribution in [0.5, 0.6) is 0 Å². The molecule has 1 unspecified atom stereocenters. The molecule has 0 bridgehead atoms. The smallest absolute Gasteiger partial charge is 0.231 e. The Morgan fingerprint density at radius 3 is 2.38 bits per heavy atom. The van der Waals surface area contributed by atoms with Gasteiger partial charge >= 0.3 is 0 Å². The van der Waals surface area contributed by atoms with E-state index in [-0.39, 0.29) is 5.92 Å². The molecule has 2 aromatic carbocycles. The first-order valence-electron chi connectivity index (χ1n) is 11.6. The fraction of sp³-hybridized carbons (Fsp3) is 0.444. The number of aliphatic hydroxyl groups is 1. The molecule has 0 spiro atoms. The van der Waals surface area contributed by atoms with E-state index in [1.165, 1.54) is 5.56 Å². The van der Waals surface area contributed by atoms with Crippen molar-refractivity contribution < 1.29 is 18.7 Å². The van der Waals surface area contributed by atoms with Crippen LogP contribution in [0.15, 0.2) is 71.3 Å². The van der Waals surface area contributed by atoms with Crippen molar-refractivity contribution in [1.29, 1.82) is 0 Å². The molecule has 1 atom stereocenters. The molecule has 1 saturated carbocycles. The van der Waals surface area contributed by atoms with E-state index in [1.54, 1.807) is 6.20 Å². The molecule has 1 N–H and O–H groups in total. The second-order valence-corrected chi connectivity index (χ2v) is 9.60. The van der Waals surface area contributed by atoms with Crippen LogP contribution < -0.4 is 0 Å². The van der Waals surface area contributed by atoms with Gasteiger partial charge in [-0.05, 0) is 24.0 Å². The Balaban J connectivity index is 1.41. The fourth-order valence-electron chi connectivity index (χ4n) is 4.70. The number of likely N-dealkylation sites (N-methyl/N-ethyl adjacent to an activating group) is 1. The number of aromatic nitrogens is 1. The summed E-state index contributed by atoms with van der Waals surface area (Å²) in [4.78, 5) is 4.57. The molecule has 0 saturated heterocycles. The number of hydrogen-bond acceptors (Lipinski definition) is 4. The van der Waals surface area contributed by atoms with Gasteiger partial charge in [-0.15, -0.1) is 0 Å².